The van der Waals surface area contributed by atoms with Crippen molar-refractivity contribution in [3.63, 3.8) is 0 Å². The van der Waals surface area contributed by atoms with Crippen LogP contribution in [-0.4, -0.2) is 32.0 Å². The molecule has 0 aromatic carbocycles. The Morgan fingerprint density at radius 3 is 2.78 bits per heavy atom. The minimum absolute atomic E-state index is 0.0471. The van der Waals surface area contributed by atoms with Gasteiger partial charge in [0.25, 0.3) is 0 Å². The van der Waals surface area contributed by atoms with Gasteiger partial charge in [-0.25, -0.2) is 4.68 Å². The lowest BCUT2D eigenvalue weighted by atomic mass is 10.1. The van der Waals surface area contributed by atoms with E-state index in [9.17, 15) is 9.90 Å². The minimum Gasteiger partial charge on any atom is -0.384 e. The van der Waals surface area contributed by atoms with E-state index in [1.165, 1.54) is 17.5 Å². The highest BCUT2D eigenvalue weighted by molar-refractivity contribution is 5.75. The highest BCUT2D eigenvalue weighted by atomic mass is 16.3. The van der Waals surface area contributed by atoms with Gasteiger partial charge in [-0.1, -0.05) is 18.1 Å². The van der Waals surface area contributed by atoms with Crippen LogP contribution < -0.4 is 5.32 Å². The molecule has 1 saturated carbocycles. The summed E-state index contributed by atoms with van der Waals surface area (Å²) in [4.78, 5) is 11.8. The van der Waals surface area contributed by atoms with Gasteiger partial charge in [-0.3, -0.25) is 4.79 Å². The van der Waals surface area contributed by atoms with Gasteiger partial charge < -0.3 is 10.4 Å². The molecule has 6 nitrogen and oxygen atoms in total. The van der Waals surface area contributed by atoms with Crippen molar-refractivity contribution in [1.82, 2.24) is 20.3 Å². The second-order valence-corrected chi connectivity index (χ2v) is 5.41. The second kappa shape index (κ2) is 5.06. The zero-order valence-electron chi connectivity index (χ0n) is 10.9. The van der Waals surface area contributed by atoms with Crippen LogP contribution in [0.2, 0.25) is 0 Å². The molecule has 2 N–H and O–H groups in total. The van der Waals surface area contributed by atoms with E-state index in [1.807, 2.05) is 0 Å². The molecule has 0 aliphatic heterocycles. The molecule has 1 aromatic heterocycles. The third kappa shape index (κ3) is 3.29. The summed E-state index contributed by atoms with van der Waals surface area (Å²) in [5.41, 5.74) is -0.559. The van der Waals surface area contributed by atoms with Crippen LogP contribution in [0.5, 0.6) is 0 Å². The van der Waals surface area contributed by atoms with Crippen molar-refractivity contribution in [3.05, 3.63) is 11.9 Å². The zero-order chi connectivity index (χ0) is 13.2. The number of nitrogens with zero attached hydrogens (tertiary/aromatic N) is 3. The lowest BCUT2D eigenvalue weighted by Gasteiger charge is -2.12. The molecule has 1 aromatic rings. The maximum absolute atomic E-state index is 11.8. The summed E-state index contributed by atoms with van der Waals surface area (Å²) in [6, 6.07) is 0.315. The fourth-order valence-corrected chi connectivity index (χ4v) is 2.15. The summed E-state index contributed by atoms with van der Waals surface area (Å²) < 4.78 is 1.46. The molecule has 0 saturated heterocycles. The monoisotopic (exact) mass is 252 g/mol. The summed E-state index contributed by atoms with van der Waals surface area (Å²) in [7, 11) is 0. The lowest BCUT2D eigenvalue weighted by molar-refractivity contribution is -0.122. The summed E-state index contributed by atoms with van der Waals surface area (Å²) in [6.45, 7) is 3.43. The van der Waals surface area contributed by atoms with Crippen LogP contribution in [0.3, 0.4) is 0 Å². The largest absolute Gasteiger partial charge is 0.384 e. The van der Waals surface area contributed by atoms with Gasteiger partial charge in [0.15, 0.2) is 0 Å². The molecule has 0 radical (unpaired) electrons. The Labute approximate surface area is 106 Å². The first kappa shape index (κ1) is 13.0. The Morgan fingerprint density at radius 2 is 2.22 bits per heavy atom. The molecule has 0 unspecified atom stereocenters. The van der Waals surface area contributed by atoms with Crippen LogP contribution in [0.1, 0.15) is 45.2 Å². The molecule has 1 aliphatic carbocycles. The van der Waals surface area contributed by atoms with E-state index in [0.717, 1.165) is 12.8 Å². The summed E-state index contributed by atoms with van der Waals surface area (Å²) in [6.07, 6.45) is 6.12. The van der Waals surface area contributed by atoms with Crippen molar-refractivity contribution in [2.45, 2.75) is 57.7 Å². The normalized spacial score (nSPS) is 17.1. The summed E-state index contributed by atoms with van der Waals surface area (Å²) in [5.74, 6) is -0.0471. The molecule has 6 heteroatoms. The van der Waals surface area contributed by atoms with Gasteiger partial charge in [0.1, 0.15) is 17.8 Å². The smallest absolute Gasteiger partial charge is 0.242 e. The molecular weight excluding hydrogens is 232 g/mol. The average molecular weight is 252 g/mol. The first-order valence-corrected chi connectivity index (χ1v) is 6.37. The molecular formula is C12H20N4O2. The number of rotatable bonds is 4. The number of aromatic nitrogens is 3. The number of hydrogen-bond acceptors (Lipinski definition) is 4. The zero-order valence-corrected chi connectivity index (χ0v) is 10.9. The van der Waals surface area contributed by atoms with Gasteiger partial charge in [0, 0.05) is 6.04 Å². The van der Waals surface area contributed by atoms with Crippen LogP contribution in [0.4, 0.5) is 0 Å². The van der Waals surface area contributed by atoms with E-state index in [0.29, 0.717) is 11.7 Å². The molecule has 1 heterocycles. The first-order valence-electron chi connectivity index (χ1n) is 6.37. The Hall–Kier alpha value is -1.43. The van der Waals surface area contributed by atoms with Crippen molar-refractivity contribution in [2.24, 2.45) is 0 Å². The maximum Gasteiger partial charge on any atom is 0.242 e. The molecule has 0 spiro atoms. The summed E-state index contributed by atoms with van der Waals surface area (Å²) >= 11 is 0. The molecule has 1 aliphatic rings. The molecule has 1 fully saturated rings. The Bertz CT molecular complexity index is 416. The van der Waals surface area contributed by atoms with E-state index in [2.05, 4.69) is 15.6 Å². The van der Waals surface area contributed by atoms with Crippen LogP contribution >= 0.6 is 0 Å². The topological polar surface area (TPSA) is 80.0 Å². The van der Waals surface area contributed by atoms with Crippen LogP contribution in [0, 0.1) is 0 Å². The van der Waals surface area contributed by atoms with E-state index in [1.54, 1.807) is 20.0 Å². The standard InChI is InChI=1S/C12H20N4O2/c1-12(2,18)10-7-16(15-14-10)8-11(17)13-9-5-3-4-6-9/h7,9,18H,3-6,8H2,1-2H3,(H,13,17). The molecule has 18 heavy (non-hydrogen) atoms. The summed E-state index contributed by atoms with van der Waals surface area (Å²) in [5, 5.41) is 20.4. The predicted octanol–water partition coefficient (Wildman–Crippen LogP) is 0.564. The van der Waals surface area contributed by atoms with Gasteiger partial charge in [-0.15, -0.1) is 5.10 Å². The number of carbonyl (C=O) groups is 1. The SMILES string of the molecule is CC(C)(O)c1cn(CC(=O)NC2CCCC2)nn1. The average Bonchev–Trinajstić information content (AvgIpc) is 2.87. The first-order chi connectivity index (χ1) is 8.45. The van der Waals surface area contributed by atoms with Crippen LogP contribution in [-0.2, 0) is 16.9 Å². The quantitative estimate of drug-likeness (QED) is 0.820. The van der Waals surface area contributed by atoms with Gasteiger partial charge in [-0.05, 0) is 26.7 Å². The van der Waals surface area contributed by atoms with Crippen LogP contribution in [0.15, 0.2) is 6.20 Å². The molecule has 2 rings (SSSR count). The van der Waals surface area contributed by atoms with E-state index in [4.69, 9.17) is 0 Å². The fourth-order valence-electron chi connectivity index (χ4n) is 2.15. The van der Waals surface area contributed by atoms with E-state index < -0.39 is 5.60 Å². The van der Waals surface area contributed by atoms with Crippen LogP contribution in [0.25, 0.3) is 0 Å². The van der Waals surface area contributed by atoms with E-state index >= 15 is 0 Å². The molecule has 100 valence electrons. The Morgan fingerprint density at radius 1 is 1.56 bits per heavy atom. The maximum atomic E-state index is 11.8. The number of nitrogens with one attached hydrogen (secondary N) is 1. The highest BCUT2D eigenvalue weighted by Crippen LogP contribution is 2.18. The molecule has 0 atom stereocenters. The third-order valence-corrected chi connectivity index (χ3v) is 3.19. The highest BCUT2D eigenvalue weighted by Gasteiger charge is 2.21. The van der Waals surface area contributed by atoms with Crippen molar-refractivity contribution >= 4 is 5.91 Å². The second-order valence-electron chi connectivity index (χ2n) is 5.41. The molecule has 0 bridgehead atoms. The van der Waals surface area contributed by atoms with Crippen molar-refractivity contribution in [1.29, 1.82) is 0 Å². The Kier molecular flexibility index (Phi) is 3.65. The molecule has 1 amide bonds. The van der Waals surface area contributed by atoms with Gasteiger partial charge >= 0.3 is 0 Å². The predicted molar refractivity (Wildman–Crippen MR) is 65.7 cm³/mol. The van der Waals surface area contributed by atoms with Crippen molar-refractivity contribution < 1.29 is 9.90 Å². The van der Waals surface area contributed by atoms with Crippen molar-refractivity contribution in [3.8, 4) is 0 Å². The number of amides is 1. The third-order valence-electron chi connectivity index (χ3n) is 3.19. The van der Waals surface area contributed by atoms with Gasteiger partial charge in [0.05, 0.1) is 6.20 Å². The Balaban J connectivity index is 1.88. The van der Waals surface area contributed by atoms with Crippen molar-refractivity contribution in [2.75, 3.05) is 0 Å². The lowest BCUT2D eigenvalue weighted by Crippen LogP contribution is -2.35. The fraction of sp³-hybridized carbons (Fsp3) is 0.750. The number of hydrogen-bond donors (Lipinski definition) is 2. The number of carbonyl (C=O) groups excluding carboxylic acids is 1. The minimum atomic E-state index is -1.03. The van der Waals surface area contributed by atoms with Gasteiger partial charge in [0.2, 0.25) is 5.91 Å². The van der Waals surface area contributed by atoms with E-state index in [-0.39, 0.29) is 12.5 Å². The van der Waals surface area contributed by atoms with Gasteiger partial charge in [-0.2, -0.15) is 0 Å². The number of aliphatic hydroxyl groups is 1.